The minimum Gasteiger partial charge on any atom is -0.361 e. The van der Waals surface area contributed by atoms with Crippen molar-refractivity contribution in [2.45, 2.75) is 39.2 Å². The predicted octanol–water partition coefficient (Wildman–Crippen LogP) is 3.82. The number of aromatic nitrogens is 1. The molecule has 1 aliphatic heterocycles. The highest BCUT2D eigenvalue weighted by molar-refractivity contribution is 7.10. The Morgan fingerprint density at radius 2 is 1.97 bits per heavy atom. The smallest absolute Gasteiger partial charge is 0.280 e. The van der Waals surface area contributed by atoms with Crippen LogP contribution in [0, 0.1) is 11.8 Å². The topological polar surface area (TPSA) is 52.7 Å². The van der Waals surface area contributed by atoms with Crippen LogP contribution in [0.2, 0.25) is 0 Å². The Hall–Kier alpha value is -2.11. The van der Waals surface area contributed by atoms with Crippen molar-refractivity contribution < 1.29 is 10.1 Å². The molecule has 1 aromatic carbocycles. The second kappa shape index (κ2) is 8.72. The van der Waals surface area contributed by atoms with Crippen molar-refractivity contribution in [1.82, 2.24) is 9.88 Å². The van der Waals surface area contributed by atoms with Crippen molar-refractivity contribution >= 4 is 28.1 Å². The summed E-state index contributed by atoms with van der Waals surface area (Å²) in [6.07, 6.45) is 3.37. The van der Waals surface area contributed by atoms with Crippen molar-refractivity contribution in [1.29, 1.82) is 0 Å². The van der Waals surface area contributed by atoms with Gasteiger partial charge in [-0.2, -0.15) is 0 Å². The molecule has 4 atom stereocenters. The molecule has 1 aliphatic rings. The minimum atomic E-state index is -0.0554. The van der Waals surface area contributed by atoms with Gasteiger partial charge in [-0.25, -0.2) is 0 Å². The molecule has 1 fully saturated rings. The predicted molar refractivity (Wildman–Crippen MR) is 120 cm³/mol. The molecular weight excluding hydrogens is 378 g/mol. The molecule has 1 amide bonds. The molecule has 0 unspecified atom stereocenters. The van der Waals surface area contributed by atoms with E-state index in [1.165, 1.54) is 27.8 Å². The average molecular weight is 411 g/mol. The first-order chi connectivity index (χ1) is 14.0. The van der Waals surface area contributed by atoms with E-state index >= 15 is 0 Å². The Balaban J connectivity index is 1.49. The van der Waals surface area contributed by atoms with Gasteiger partial charge < -0.3 is 15.2 Å². The van der Waals surface area contributed by atoms with Gasteiger partial charge in [-0.05, 0) is 48.3 Å². The van der Waals surface area contributed by atoms with E-state index in [1.54, 1.807) is 11.3 Å². The van der Waals surface area contributed by atoms with E-state index in [4.69, 9.17) is 0 Å². The van der Waals surface area contributed by atoms with Crippen LogP contribution >= 0.6 is 11.3 Å². The highest BCUT2D eigenvalue weighted by atomic mass is 32.1. The Bertz CT molecular complexity index is 938. The van der Waals surface area contributed by atoms with Gasteiger partial charge in [0.05, 0.1) is 12.5 Å². The highest BCUT2D eigenvalue weighted by Gasteiger charge is 2.31. The minimum absolute atomic E-state index is 0.0554. The molecule has 5 heteroatoms. The van der Waals surface area contributed by atoms with Gasteiger partial charge in [-0.15, -0.1) is 11.3 Å². The lowest BCUT2D eigenvalue weighted by molar-refractivity contribution is -0.675. The molecule has 3 aromatic rings. The molecule has 0 spiro atoms. The number of amides is 1. The van der Waals surface area contributed by atoms with E-state index in [-0.39, 0.29) is 17.9 Å². The van der Waals surface area contributed by atoms with Crippen LogP contribution < -0.4 is 5.32 Å². The van der Waals surface area contributed by atoms with E-state index in [2.05, 4.69) is 83.9 Å². The summed E-state index contributed by atoms with van der Waals surface area (Å²) in [7, 11) is 0. The molecule has 2 aromatic heterocycles. The molecule has 1 saturated heterocycles. The maximum absolute atomic E-state index is 13.1. The second-order valence-electron chi connectivity index (χ2n) is 8.81. The molecule has 4 nitrogen and oxygen atoms in total. The van der Waals surface area contributed by atoms with Gasteiger partial charge in [0.15, 0.2) is 6.04 Å². The summed E-state index contributed by atoms with van der Waals surface area (Å²) < 4.78 is 0. The Morgan fingerprint density at radius 1 is 1.21 bits per heavy atom. The van der Waals surface area contributed by atoms with Crippen molar-refractivity contribution in [3.63, 3.8) is 0 Å². The number of quaternary nitrogens is 1. The van der Waals surface area contributed by atoms with Crippen LogP contribution in [0.15, 0.2) is 48.0 Å². The fourth-order valence-corrected chi connectivity index (χ4v) is 5.70. The van der Waals surface area contributed by atoms with Gasteiger partial charge in [0, 0.05) is 35.1 Å². The van der Waals surface area contributed by atoms with E-state index in [1.807, 2.05) is 0 Å². The molecule has 154 valence electrons. The number of aromatic amines is 1. The van der Waals surface area contributed by atoms with E-state index in [0.29, 0.717) is 11.8 Å². The van der Waals surface area contributed by atoms with Crippen LogP contribution in [0.5, 0.6) is 0 Å². The van der Waals surface area contributed by atoms with E-state index in [9.17, 15) is 4.79 Å². The van der Waals surface area contributed by atoms with E-state index < -0.39 is 0 Å². The first-order valence-corrected chi connectivity index (χ1v) is 11.6. The van der Waals surface area contributed by atoms with Crippen LogP contribution in [0.25, 0.3) is 10.9 Å². The lowest BCUT2D eigenvalue weighted by Gasteiger charge is -2.35. The third-order valence-electron chi connectivity index (χ3n) is 6.18. The number of hydrogen-bond acceptors (Lipinski definition) is 2. The molecule has 3 N–H and O–H groups in total. The highest BCUT2D eigenvalue weighted by Crippen LogP contribution is 2.32. The van der Waals surface area contributed by atoms with E-state index in [0.717, 1.165) is 19.6 Å². The molecule has 4 rings (SSSR count). The molecule has 3 heterocycles. The zero-order valence-corrected chi connectivity index (χ0v) is 18.4. The summed E-state index contributed by atoms with van der Waals surface area (Å²) in [4.78, 5) is 19.9. The number of nitrogens with one attached hydrogen (secondary N) is 1. The first kappa shape index (κ1) is 20.2. The maximum Gasteiger partial charge on any atom is 0.280 e. The zero-order valence-electron chi connectivity index (χ0n) is 17.6. The molecule has 0 bridgehead atoms. The van der Waals surface area contributed by atoms with Gasteiger partial charge in [-0.3, -0.25) is 4.79 Å². The summed E-state index contributed by atoms with van der Waals surface area (Å²) in [6.45, 7) is 9.25. The number of carbonyl (C=O) groups excluding carboxylic acids is 1. The largest absolute Gasteiger partial charge is 0.361 e. The van der Waals surface area contributed by atoms with Crippen molar-refractivity contribution in [3.8, 4) is 0 Å². The number of thiophene rings is 1. The van der Waals surface area contributed by atoms with Crippen molar-refractivity contribution in [3.05, 3.63) is 58.4 Å². The fraction of sp³-hybridized carbons (Fsp3) is 0.458. The number of nitrogens with zero attached hydrogens (tertiary/aromatic N) is 1. The third-order valence-corrected chi connectivity index (χ3v) is 7.16. The standard InChI is InChI=1S/C24H31N3OS/c1-16-11-17(2)15-27(14-16)24(28)18(3)25-13-21(23-9-6-10-29-23)20-12-26-22-8-5-4-7-19(20)22/h4-10,12,16-18,21,25-26H,11,13-15H2,1-3H3/p+1/t16-,17-,18-,21-/m1/s1. The lowest BCUT2D eigenvalue weighted by atomic mass is 9.91. The first-order valence-electron chi connectivity index (χ1n) is 10.7. The Morgan fingerprint density at radius 3 is 2.69 bits per heavy atom. The number of carbonyl (C=O) groups is 1. The van der Waals surface area contributed by atoms with Crippen LogP contribution in [0.4, 0.5) is 0 Å². The number of likely N-dealkylation sites (tertiary alicyclic amines) is 1. The number of para-hydroxylation sites is 1. The molecule has 0 radical (unpaired) electrons. The summed E-state index contributed by atoms with van der Waals surface area (Å²) in [5, 5.41) is 5.65. The quantitative estimate of drug-likeness (QED) is 0.638. The zero-order chi connectivity index (χ0) is 20.4. The van der Waals surface area contributed by atoms with Gasteiger partial charge in [0.2, 0.25) is 0 Å². The van der Waals surface area contributed by atoms with Gasteiger partial charge in [0.25, 0.3) is 5.91 Å². The number of piperidine rings is 1. The number of H-pyrrole nitrogens is 1. The summed E-state index contributed by atoms with van der Waals surface area (Å²) in [6, 6.07) is 12.8. The lowest BCUT2D eigenvalue weighted by Crippen LogP contribution is -2.92. The summed E-state index contributed by atoms with van der Waals surface area (Å²) in [5.41, 5.74) is 2.49. The van der Waals surface area contributed by atoms with Crippen molar-refractivity contribution in [2.75, 3.05) is 19.6 Å². The average Bonchev–Trinajstić information content (AvgIpc) is 3.37. The van der Waals surface area contributed by atoms with Gasteiger partial charge >= 0.3 is 0 Å². The Labute approximate surface area is 177 Å². The van der Waals surface area contributed by atoms with Crippen LogP contribution in [0.1, 0.15) is 43.6 Å². The second-order valence-corrected chi connectivity index (χ2v) is 9.79. The summed E-state index contributed by atoms with van der Waals surface area (Å²) in [5.74, 6) is 1.76. The molecule has 29 heavy (non-hydrogen) atoms. The van der Waals surface area contributed by atoms with Crippen LogP contribution in [0.3, 0.4) is 0 Å². The number of benzene rings is 1. The monoisotopic (exact) mass is 410 g/mol. The summed E-state index contributed by atoms with van der Waals surface area (Å²) >= 11 is 1.80. The third kappa shape index (κ3) is 4.41. The van der Waals surface area contributed by atoms with Gasteiger partial charge in [0.1, 0.15) is 0 Å². The normalized spacial score (nSPS) is 22.0. The maximum atomic E-state index is 13.1. The number of rotatable bonds is 6. The number of nitrogens with two attached hydrogens (primary N) is 1. The fourth-order valence-electron chi connectivity index (χ4n) is 4.84. The van der Waals surface area contributed by atoms with Crippen molar-refractivity contribution in [2.24, 2.45) is 11.8 Å². The number of hydrogen-bond donors (Lipinski definition) is 2. The SMILES string of the molecule is C[C@@H]1C[C@@H](C)CN(C(=O)[C@@H](C)[NH2+]C[C@@H](c2cccs2)c2c[nH]c3ccccc23)C1. The van der Waals surface area contributed by atoms with Crippen LogP contribution in [-0.2, 0) is 4.79 Å². The Kier molecular flexibility index (Phi) is 6.07. The molecular formula is C24H32N3OS+. The molecule has 0 aliphatic carbocycles. The van der Waals surface area contributed by atoms with Crippen LogP contribution in [-0.4, -0.2) is 41.5 Å². The molecule has 0 saturated carbocycles. The van der Waals surface area contributed by atoms with Gasteiger partial charge in [-0.1, -0.05) is 38.1 Å². The number of fused-ring (bicyclic) bond motifs is 1.